The van der Waals surface area contributed by atoms with Crippen LogP contribution in [0.2, 0.25) is 0 Å². The molecule has 0 aliphatic heterocycles. The van der Waals surface area contributed by atoms with Gasteiger partial charge in [0.2, 0.25) is 5.91 Å². The maximum Gasteiger partial charge on any atom is 0.242 e. The molecule has 1 N–H and O–H groups in total. The van der Waals surface area contributed by atoms with Gasteiger partial charge in [-0.2, -0.15) is 0 Å². The number of aromatic nitrogens is 4. The number of tetrazole rings is 1. The molecule has 2 heterocycles. The van der Waals surface area contributed by atoms with Gasteiger partial charge in [-0.25, -0.2) is 4.68 Å². The van der Waals surface area contributed by atoms with Crippen molar-refractivity contribution in [3.05, 3.63) is 64.1 Å². The lowest BCUT2D eigenvalue weighted by molar-refractivity contribution is -0.122. The molecule has 3 aromatic rings. The average molecular weight is 355 g/mol. The molecule has 0 aliphatic rings. The van der Waals surface area contributed by atoms with E-state index in [0.29, 0.717) is 5.92 Å². The summed E-state index contributed by atoms with van der Waals surface area (Å²) in [6, 6.07) is 12.4. The minimum absolute atomic E-state index is 0.0971. The Balaban J connectivity index is 1.79. The third-order valence-electron chi connectivity index (χ3n) is 4.28. The van der Waals surface area contributed by atoms with E-state index in [4.69, 9.17) is 0 Å². The van der Waals surface area contributed by atoms with Crippen LogP contribution < -0.4 is 5.32 Å². The zero-order valence-corrected chi connectivity index (χ0v) is 15.1. The second kappa shape index (κ2) is 8.02. The number of amides is 1. The molecule has 0 spiro atoms. The first-order valence-corrected chi connectivity index (χ1v) is 9.18. The summed E-state index contributed by atoms with van der Waals surface area (Å²) >= 11 is 1.63. The molecule has 2 aromatic heterocycles. The van der Waals surface area contributed by atoms with Crippen LogP contribution in [0.25, 0.3) is 0 Å². The molecule has 7 heteroatoms. The molecular formula is C18H21N5OS. The first kappa shape index (κ1) is 17.3. The summed E-state index contributed by atoms with van der Waals surface area (Å²) in [5, 5.41) is 15.9. The second-order valence-electron chi connectivity index (χ2n) is 6.00. The monoisotopic (exact) mass is 355 g/mol. The van der Waals surface area contributed by atoms with Gasteiger partial charge in [0.15, 0.2) is 0 Å². The highest BCUT2D eigenvalue weighted by molar-refractivity contribution is 7.10. The molecule has 2 atom stereocenters. The van der Waals surface area contributed by atoms with E-state index in [0.717, 1.165) is 16.9 Å². The molecule has 0 aliphatic carbocycles. The highest BCUT2D eigenvalue weighted by atomic mass is 32.1. The van der Waals surface area contributed by atoms with Crippen LogP contribution in [0.3, 0.4) is 0 Å². The zero-order valence-electron chi connectivity index (χ0n) is 14.3. The summed E-state index contributed by atoms with van der Waals surface area (Å²) in [6.45, 7) is 4.51. The molecule has 0 fully saturated rings. The molecule has 0 bridgehead atoms. The van der Waals surface area contributed by atoms with E-state index >= 15 is 0 Å². The smallest absolute Gasteiger partial charge is 0.242 e. The van der Waals surface area contributed by atoms with E-state index in [1.807, 2.05) is 17.5 Å². The van der Waals surface area contributed by atoms with Crippen LogP contribution in [0.15, 0.2) is 48.1 Å². The summed E-state index contributed by atoms with van der Waals surface area (Å²) < 4.78 is 1.41. The van der Waals surface area contributed by atoms with Crippen molar-refractivity contribution in [3.63, 3.8) is 0 Å². The van der Waals surface area contributed by atoms with Crippen molar-refractivity contribution in [1.29, 1.82) is 0 Å². The number of carbonyl (C=O) groups is 1. The van der Waals surface area contributed by atoms with Crippen molar-refractivity contribution in [1.82, 2.24) is 25.5 Å². The van der Waals surface area contributed by atoms with Crippen molar-refractivity contribution in [2.45, 2.75) is 38.8 Å². The third kappa shape index (κ3) is 4.30. The Morgan fingerprint density at radius 3 is 2.60 bits per heavy atom. The second-order valence-corrected chi connectivity index (χ2v) is 6.98. The maximum atomic E-state index is 12.4. The van der Waals surface area contributed by atoms with Gasteiger partial charge in [-0.3, -0.25) is 4.79 Å². The molecule has 2 unspecified atom stereocenters. The van der Waals surface area contributed by atoms with Crippen LogP contribution in [0.4, 0.5) is 0 Å². The number of nitrogens with one attached hydrogen (secondary N) is 1. The van der Waals surface area contributed by atoms with Crippen LogP contribution in [0, 0.1) is 0 Å². The Morgan fingerprint density at radius 1 is 1.24 bits per heavy atom. The fourth-order valence-electron chi connectivity index (χ4n) is 2.63. The van der Waals surface area contributed by atoms with Gasteiger partial charge in [0.05, 0.1) is 6.04 Å². The van der Waals surface area contributed by atoms with Gasteiger partial charge in [0, 0.05) is 4.88 Å². The lowest BCUT2D eigenvalue weighted by Gasteiger charge is -2.19. The van der Waals surface area contributed by atoms with Gasteiger partial charge in [-0.05, 0) is 45.3 Å². The average Bonchev–Trinajstić information content (AvgIpc) is 3.33. The number of hydrogen-bond acceptors (Lipinski definition) is 5. The molecule has 0 saturated carbocycles. The zero-order chi connectivity index (χ0) is 17.6. The van der Waals surface area contributed by atoms with Crippen LogP contribution in [-0.2, 0) is 11.3 Å². The van der Waals surface area contributed by atoms with E-state index in [1.54, 1.807) is 11.3 Å². The number of hydrogen-bond donors (Lipinski definition) is 1. The molecule has 0 radical (unpaired) electrons. The molecule has 130 valence electrons. The largest absolute Gasteiger partial charge is 0.343 e. The molecule has 1 amide bonds. The summed E-state index contributed by atoms with van der Waals surface area (Å²) in [5.74, 6) is 0.403. The Bertz CT molecular complexity index is 784. The van der Waals surface area contributed by atoms with Crippen molar-refractivity contribution >= 4 is 17.2 Å². The number of carbonyl (C=O) groups excluding carboxylic acids is 1. The Kier molecular flexibility index (Phi) is 5.55. The van der Waals surface area contributed by atoms with Gasteiger partial charge >= 0.3 is 0 Å². The number of nitrogens with zero attached hydrogens (tertiary/aromatic N) is 4. The van der Waals surface area contributed by atoms with E-state index < -0.39 is 0 Å². The summed E-state index contributed by atoms with van der Waals surface area (Å²) in [7, 11) is 0. The van der Waals surface area contributed by atoms with Gasteiger partial charge in [-0.15, -0.1) is 16.4 Å². The number of thiophene rings is 1. The minimum atomic E-state index is -0.171. The Labute approximate surface area is 150 Å². The van der Waals surface area contributed by atoms with E-state index in [1.165, 1.54) is 16.6 Å². The lowest BCUT2D eigenvalue weighted by Crippen LogP contribution is -2.32. The quantitative estimate of drug-likeness (QED) is 0.706. The predicted molar refractivity (Wildman–Crippen MR) is 97.3 cm³/mol. The highest BCUT2D eigenvalue weighted by Crippen LogP contribution is 2.28. The standard InChI is InChI=1S/C18H21N5OS/c1-3-13(2)14-6-8-15(9-7-14)18(16-5-4-10-25-16)20-17(24)11-23-12-19-21-22-23/h4-10,12-13,18H,3,11H2,1-2H3,(H,20,24). The minimum Gasteiger partial charge on any atom is -0.343 e. The molecule has 3 rings (SSSR count). The fourth-order valence-corrected chi connectivity index (χ4v) is 3.44. The van der Waals surface area contributed by atoms with Crippen molar-refractivity contribution in [3.8, 4) is 0 Å². The van der Waals surface area contributed by atoms with Crippen LogP contribution in [0.1, 0.15) is 48.2 Å². The van der Waals surface area contributed by atoms with Gasteiger partial charge in [-0.1, -0.05) is 44.2 Å². The predicted octanol–water partition coefficient (Wildman–Crippen LogP) is 3.15. The lowest BCUT2D eigenvalue weighted by atomic mass is 9.95. The molecular weight excluding hydrogens is 334 g/mol. The van der Waals surface area contributed by atoms with Crippen LogP contribution in [0.5, 0.6) is 0 Å². The first-order chi connectivity index (χ1) is 12.2. The number of rotatable bonds is 7. The molecule has 6 nitrogen and oxygen atoms in total. The Hall–Kier alpha value is -2.54. The summed E-state index contributed by atoms with van der Waals surface area (Å²) in [4.78, 5) is 13.5. The molecule has 25 heavy (non-hydrogen) atoms. The topological polar surface area (TPSA) is 72.7 Å². The first-order valence-electron chi connectivity index (χ1n) is 8.30. The Morgan fingerprint density at radius 2 is 2.00 bits per heavy atom. The molecule has 1 aromatic carbocycles. The summed E-state index contributed by atoms with van der Waals surface area (Å²) in [5.41, 5.74) is 2.38. The highest BCUT2D eigenvalue weighted by Gasteiger charge is 2.18. The summed E-state index contributed by atoms with van der Waals surface area (Å²) in [6.07, 6.45) is 2.54. The van der Waals surface area contributed by atoms with E-state index in [2.05, 4.69) is 59.0 Å². The van der Waals surface area contributed by atoms with Crippen molar-refractivity contribution < 1.29 is 4.79 Å². The van der Waals surface area contributed by atoms with Gasteiger partial charge < -0.3 is 5.32 Å². The van der Waals surface area contributed by atoms with E-state index in [9.17, 15) is 4.79 Å². The van der Waals surface area contributed by atoms with Crippen molar-refractivity contribution in [2.24, 2.45) is 0 Å². The molecule has 0 saturated heterocycles. The normalized spacial score (nSPS) is 13.4. The SMILES string of the molecule is CCC(C)c1ccc(C(NC(=O)Cn2cnnn2)c2cccs2)cc1. The van der Waals surface area contributed by atoms with Crippen molar-refractivity contribution in [2.75, 3.05) is 0 Å². The fraction of sp³-hybridized carbons (Fsp3) is 0.333. The van der Waals surface area contributed by atoms with E-state index in [-0.39, 0.29) is 18.5 Å². The maximum absolute atomic E-state index is 12.4. The van der Waals surface area contributed by atoms with Crippen LogP contribution >= 0.6 is 11.3 Å². The van der Waals surface area contributed by atoms with Crippen LogP contribution in [-0.4, -0.2) is 26.1 Å². The van der Waals surface area contributed by atoms with Gasteiger partial charge in [0.1, 0.15) is 12.9 Å². The third-order valence-corrected chi connectivity index (χ3v) is 5.22. The van der Waals surface area contributed by atoms with Gasteiger partial charge in [0.25, 0.3) is 0 Å². The number of benzene rings is 1.